The zero-order chi connectivity index (χ0) is 17.0. The number of aromatic nitrogens is 2. The van der Waals surface area contributed by atoms with Crippen LogP contribution in [0.15, 0.2) is 34.0 Å². The minimum atomic E-state index is -0.269. The minimum absolute atomic E-state index is 0.197. The van der Waals surface area contributed by atoms with E-state index in [0.29, 0.717) is 17.5 Å². The number of halogens is 2. The number of amides is 1. The molecule has 1 aromatic carbocycles. The summed E-state index contributed by atoms with van der Waals surface area (Å²) in [5, 5.41) is 0.743. The van der Waals surface area contributed by atoms with Crippen molar-refractivity contribution in [2.75, 3.05) is 20.4 Å². The smallest absolute Gasteiger partial charge is 0.274 e. The molecule has 0 aliphatic rings. The highest BCUT2D eigenvalue weighted by atomic mass is 79.9. The van der Waals surface area contributed by atoms with Crippen molar-refractivity contribution < 1.29 is 9.53 Å². The number of ether oxygens (including phenoxy) is 1. The van der Waals surface area contributed by atoms with Crippen LogP contribution in [0.3, 0.4) is 0 Å². The van der Waals surface area contributed by atoms with Crippen molar-refractivity contribution >= 4 is 45.2 Å². The van der Waals surface area contributed by atoms with E-state index in [2.05, 4.69) is 25.9 Å². The molecular weight excluding hydrogens is 402 g/mol. The molecule has 122 valence electrons. The lowest BCUT2D eigenvalue weighted by Gasteiger charge is -2.19. The molecule has 0 N–H and O–H groups in total. The summed E-state index contributed by atoms with van der Waals surface area (Å²) >= 11 is 10.8. The molecule has 0 atom stereocenters. The molecule has 0 spiro atoms. The lowest BCUT2D eigenvalue weighted by atomic mass is 10.2. The van der Waals surface area contributed by atoms with E-state index >= 15 is 0 Å². The van der Waals surface area contributed by atoms with Gasteiger partial charge in [-0.2, -0.15) is 0 Å². The molecule has 0 saturated heterocycles. The summed E-state index contributed by atoms with van der Waals surface area (Å²) in [6.07, 6.45) is 3.29. The van der Waals surface area contributed by atoms with E-state index in [1.54, 1.807) is 19.1 Å². The molecule has 1 amide bonds. The predicted molar refractivity (Wildman–Crippen MR) is 95.3 cm³/mol. The van der Waals surface area contributed by atoms with Crippen molar-refractivity contribution in [2.45, 2.75) is 11.7 Å². The van der Waals surface area contributed by atoms with E-state index in [4.69, 9.17) is 16.3 Å². The fourth-order valence-corrected chi connectivity index (χ4v) is 2.90. The summed E-state index contributed by atoms with van der Waals surface area (Å²) in [7, 11) is 3.29. The second-order valence-electron chi connectivity index (χ2n) is 4.67. The van der Waals surface area contributed by atoms with Crippen molar-refractivity contribution in [1.29, 1.82) is 0 Å². The number of methoxy groups -OCH3 is 1. The van der Waals surface area contributed by atoms with Crippen molar-refractivity contribution in [3.63, 3.8) is 0 Å². The molecule has 5 nitrogen and oxygen atoms in total. The lowest BCUT2D eigenvalue weighted by Crippen LogP contribution is -2.27. The van der Waals surface area contributed by atoms with Crippen molar-refractivity contribution in [1.82, 2.24) is 14.9 Å². The summed E-state index contributed by atoms with van der Waals surface area (Å²) in [5.74, 6) is 0.446. The summed E-state index contributed by atoms with van der Waals surface area (Å²) in [4.78, 5) is 22.4. The number of rotatable bonds is 5. The molecule has 0 saturated carbocycles. The van der Waals surface area contributed by atoms with Crippen LogP contribution in [0.1, 0.15) is 16.1 Å². The van der Waals surface area contributed by atoms with E-state index in [0.717, 1.165) is 10.0 Å². The van der Waals surface area contributed by atoms with E-state index in [9.17, 15) is 4.79 Å². The van der Waals surface area contributed by atoms with Gasteiger partial charge < -0.3 is 9.64 Å². The largest absolute Gasteiger partial charge is 0.496 e. The highest BCUT2D eigenvalue weighted by Gasteiger charge is 2.19. The van der Waals surface area contributed by atoms with Crippen LogP contribution in [0, 0.1) is 0 Å². The SMILES string of the molecule is COc1ccc(Br)cc1CN(C)C(=O)c1nc(SC)ncc1Cl. The van der Waals surface area contributed by atoms with Gasteiger partial charge in [0.05, 0.1) is 18.3 Å². The summed E-state index contributed by atoms with van der Waals surface area (Å²) in [6, 6.07) is 5.65. The van der Waals surface area contributed by atoms with E-state index < -0.39 is 0 Å². The standard InChI is InChI=1S/C15H15BrClN3O2S/c1-20(8-9-6-10(16)4-5-12(9)22-2)14(21)13-11(17)7-18-15(19-13)23-3/h4-7H,8H2,1-3H3. The normalized spacial score (nSPS) is 10.5. The molecule has 8 heteroatoms. The molecular formula is C15H15BrClN3O2S. The summed E-state index contributed by atoms with van der Waals surface area (Å²) in [6.45, 7) is 0.371. The highest BCUT2D eigenvalue weighted by Crippen LogP contribution is 2.25. The topological polar surface area (TPSA) is 55.3 Å². The quantitative estimate of drug-likeness (QED) is 0.546. The van der Waals surface area contributed by atoms with Crippen LogP contribution in [0.25, 0.3) is 0 Å². The average Bonchev–Trinajstić information content (AvgIpc) is 2.55. The van der Waals surface area contributed by atoms with Gasteiger partial charge in [-0.05, 0) is 24.5 Å². The number of carbonyl (C=O) groups is 1. The van der Waals surface area contributed by atoms with Crippen LogP contribution >= 0.6 is 39.3 Å². The van der Waals surface area contributed by atoms with Crippen molar-refractivity contribution in [2.24, 2.45) is 0 Å². The Balaban J connectivity index is 2.25. The van der Waals surface area contributed by atoms with Gasteiger partial charge in [0.15, 0.2) is 10.9 Å². The van der Waals surface area contributed by atoms with Crippen LogP contribution in [0.4, 0.5) is 0 Å². The number of thioether (sulfide) groups is 1. The number of hydrogen-bond acceptors (Lipinski definition) is 5. The fraction of sp³-hybridized carbons (Fsp3) is 0.267. The lowest BCUT2D eigenvalue weighted by molar-refractivity contribution is 0.0777. The third-order valence-corrected chi connectivity index (χ3v) is 4.44. The van der Waals surface area contributed by atoms with Crippen molar-refractivity contribution in [3.05, 3.63) is 45.1 Å². The first kappa shape index (κ1) is 18.0. The maximum absolute atomic E-state index is 12.6. The first-order chi connectivity index (χ1) is 11.0. The number of benzene rings is 1. The molecule has 2 aromatic rings. The molecule has 0 unspecified atom stereocenters. The van der Waals surface area contributed by atoms with E-state index in [-0.39, 0.29) is 16.6 Å². The Hall–Kier alpha value is -1.31. The molecule has 0 bridgehead atoms. The summed E-state index contributed by atoms with van der Waals surface area (Å²) in [5.41, 5.74) is 1.08. The second kappa shape index (κ2) is 7.99. The fourth-order valence-electron chi connectivity index (χ4n) is 1.98. The summed E-state index contributed by atoms with van der Waals surface area (Å²) < 4.78 is 6.25. The zero-order valence-corrected chi connectivity index (χ0v) is 16.0. The molecule has 1 aromatic heterocycles. The average molecular weight is 417 g/mol. The van der Waals surface area contributed by atoms with Crippen LogP contribution in [0.5, 0.6) is 5.75 Å². The van der Waals surface area contributed by atoms with Gasteiger partial charge in [0.1, 0.15) is 5.75 Å². The Labute approximate surface area is 152 Å². The number of hydrogen-bond donors (Lipinski definition) is 0. The van der Waals surface area contributed by atoms with E-state index in [1.165, 1.54) is 18.0 Å². The molecule has 2 rings (SSSR count). The van der Waals surface area contributed by atoms with Gasteiger partial charge in [0.2, 0.25) is 0 Å². The number of carbonyl (C=O) groups excluding carboxylic acids is 1. The second-order valence-corrected chi connectivity index (χ2v) is 6.77. The van der Waals surface area contributed by atoms with Crippen LogP contribution in [0.2, 0.25) is 5.02 Å². The Morgan fingerprint density at radius 2 is 2.22 bits per heavy atom. The van der Waals surface area contributed by atoms with Crippen LogP contribution in [-0.4, -0.2) is 41.2 Å². The maximum Gasteiger partial charge on any atom is 0.274 e. The predicted octanol–water partition coefficient (Wildman–Crippen LogP) is 3.90. The molecule has 0 fully saturated rings. The Morgan fingerprint density at radius 3 is 2.87 bits per heavy atom. The van der Waals surface area contributed by atoms with Gasteiger partial charge in [-0.3, -0.25) is 4.79 Å². The minimum Gasteiger partial charge on any atom is -0.496 e. The van der Waals surface area contributed by atoms with Gasteiger partial charge in [0.25, 0.3) is 5.91 Å². The van der Waals surface area contributed by atoms with E-state index in [1.807, 2.05) is 24.5 Å². The monoisotopic (exact) mass is 415 g/mol. The number of nitrogens with zero attached hydrogens (tertiary/aromatic N) is 3. The Bertz CT molecular complexity index is 730. The molecule has 0 aliphatic heterocycles. The molecule has 1 heterocycles. The first-order valence-electron chi connectivity index (χ1n) is 6.60. The zero-order valence-electron chi connectivity index (χ0n) is 12.8. The van der Waals surface area contributed by atoms with Gasteiger partial charge in [-0.1, -0.05) is 39.3 Å². The molecule has 0 aliphatic carbocycles. The molecule has 23 heavy (non-hydrogen) atoms. The molecule has 0 radical (unpaired) electrons. The van der Waals surface area contributed by atoms with Crippen LogP contribution in [-0.2, 0) is 6.54 Å². The van der Waals surface area contributed by atoms with Crippen molar-refractivity contribution in [3.8, 4) is 5.75 Å². The Kier molecular flexibility index (Phi) is 6.26. The maximum atomic E-state index is 12.6. The van der Waals surface area contributed by atoms with Gasteiger partial charge in [-0.25, -0.2) is 9.97 Å². The Morgan fingerprint density at radius 1 is 1.48 bits per heavy atom. The van der Waals surface area contributed by atoms with Gasteiger partial charge in [-0.15, -0.1) is 0 Å². The highest BCUT2D eigenvalue weighted by molar-refractivity contribution is 9.10. The van der Waals surface area contributed by atoms with Gasteiger partial charge >= 0.3 is 0 Å². The third-order valence-electron chi connectivity index (χ3n) is 3.10. The first-order valence-corrected chi connectivity index (χ1v) is 9.00. The van der Waals surface area contributed by atoms with Crippen LogP contribution < -0.4 is 4.74 Å². The third kappa shape index (κ3) is 4.37. The van der Waals surface area contributed by atoms with Gasteiger partial charge in [0, 0.05) is 23.6 Å².